The second kappa shape index (κ2) is 6.02. The number of hydrogen-bond acceptors (Lipinski definition) is 3. The molecule has 0 saturated heterocycles. The van der Waals surface area contributed by atoms with Crippen LogP contribution >= 0.6 is 0 Å². The van der Waals surface area contributed by atoms with Crippen LogP contribution in [0.4, 0.5) is 10.1 Å². The number of carboxylic acid groups (broad SMARTS) is 1. The van der Waals surface area contributed by atoms with Gasteiger partial charge in [-0.15, -0.1) is 0 Å². The molecule has 2 rings (SSSR count). The Hall–Kier alpha value is -1.62. The number of halogens is 1. The maximum absolute atomic E-state index is 13.0. The first-order valence-electron chi connectivity index (χ1n) is 6.49. The summed E-state index contributed by atoms with van der Waals surface area (Å²) in [4.78, 5) is 11.0. The van der Waals surface area contributed by atoms with E-state index in [0.29, 0.717) is 18.2 Å². The third-order valence-corrected chi connectivity index (χ3v) is 3.82. The van der Waals surface area contributed by atoms with Crippen LogP contribution in [-0.4, -0.2) is 29.3 Å². The highest BCUT2D eigenvalue weighted by Gasteiger charge is 2.26. The second-order valence-electron chi connectivity index (χ2n) is 5.01. The molecular formula is C14H18FNO3. The Kier molecular flexibility index (Phi) is 4.37. The van der Waals surface area contributed by atoms with Gasteiger partial charge in [-0.2, -0.15) is 0 Å². The molecule has 104 valence electrons. The van der Waals surface area contributed by atoms with Crippen LogP contribution in [0.25, 0.3) is 0 Å². The van der Waals surface area contributed by atoms with Crippen molar-refractivity contribution in [2.75, 3.05) is 18.5 Å². The van der Waals surface area contributed by atoms with E-state index in [0.717, 1.165) is 25.3 Å². The maximum Gasteiger partial charge on any atom is 0.337 e. The van der Waals surface area contributed by atoms with Crippen LogP contribution in [0.1, 0.15) is 29.6 Å². The zero-order chi connectivity index (χ0) is 13.8. The number of aliphatic hydroxyl groups excluding tert-OH is 1. The third-order valence-electron chi connectivity index (χ3n) is 3.82. The van der Waals surface area contributed by atoms with Crippen molar-refractivity contribution in [2.45, 2.75) is 19.3 Å². The zero-order valence-corrected chi connectivity index (χ0v) is 10.6. The van der Waals surface area contributed by atoms with E-state index in [1.54, 1.807) is 0 Å². The van der Waals surface area contributed by atoms with Crippen LogP contribution in [0, 0.1) is 17.7 Å². The lowest BCUT2D eigenvalue weighted by Gasteiger charge is -2.19. The average molecular weight is 267 g/mol. The van der Waals surface area contributed by atoms with E-state index in [-0.39, 0.29) is 18.1 Å². The minimum absolute atomic E-state index is 0.0569. The number of aliphatic hydroxyl groups is 1. The molecule has 1 aromatic rings. The quantitative estimate of drug-likeness (QED) is 0.766. The van der Waals surface area contributed by atoms with Gasteiger partial charge in [-0.3, -0.25) is 0 Å². The molecule has 0 aromatic heterocycles. The minimum atomic E-state index is -1.15. The van der Waals surface area contributed by atoms with Gasteiger partial charge in [0.05, 0.1) is 5.56 Å². The number of benzene rings is 1. The van der Waals surface area contributed by atoms with E-state index in [1.165, 1.54) is 12.1 Å². The minimum Gasteiger partial charge on any atom is -0.478 e. The van der Waals surface area contributed by atoms with Crippen molar-refractivity contribution in [3.8, 4) is 0 Å². The lowest BCUT2D eigenvalue weighted by Crippen LogP contribution is -2.21. The molecule has 3 N–H and O–H groups in total. The van der Waals surface area contributed by atoms with Crippen molar-refractivity contribution in [1.82, 2.24) is 0 Å². The van der Waals surface area contributed by atoms with Crippen LogP contribution in [0.15, 0.2) is 18.2 Å². The van der Waals surface area contributed by atoms with Gasteiger partial charge >= 0.3 is 5.97 Å². The summed E-state index contributed by atoms with van der Waals surface area (Å²) in [5.41, 5.74) is 0.371. The van der Waals surface area contributed by atoms with E-state index < -0.39 is 11.8 Å². The molecule has 1 aliphatic carbocycles. The highest BCUT2D eigenvalue weighted by atomic mass is 19.1. The first-order valence-corrected chi connectivity index (χ1v) is 6.49. The lowest BCUT2D eigenvalue weighted by atomic mass is 9.97. The molecule has 0 radical (unpaired) electrons. The van der Waals surface area contributed by atoms with Crippen molar-refractivity contribution in [2.24, 2.45) is 11.8 Å². The van der Waals surface area contributed by atoms with Crippen molar-refractivity contribution in [1.29, 1.82) is 0 Å². The molecule has 4 nitrogen and oxygen atoms in total. The maximum atomic E-state index is 13.0. The highest BCUT2D eigenvalue weighted by molar-refractivity contribution is 5.94. The van der Waals surface area contributed by atoms with Crippen LogP contribution in [0.5, 0.6) is 0 Å². The van der Waals surface area contributed by atoms with Gasteiger partial charge in [-0.1, -0.05) is 6.42 Å². The van der Waals surface area contributed by atoms with Gasteiger partial charge < -0.3 is 15.5 Å². The molecule has 1 saturated carbocycles. The third kappa shape index (κ3) is 3.23. The predicted octanol–water partition coefficient (Wildman–Crippen LogP) is 2.34. The van der Waals surface area contributed by atoms with Gasteiger partial charge in [0.1, 0.15) is 5.82 Å². The van der Waals surface area contributed by atoms with E-state index in [9.17, 15) is 14.3 Å². The van der Waals surface area contributed by atoms with E-state index >= 15 is 0 Å². The standard InChI is InChI=1S/C14H18FNO3/c15-11-4-5-13(12(6-11)14(18)19)16-7-9-2-1-3-10(9)8-17/h4-6,9-10,16-17H,1-3,7-8H2,(H,18,19). The smallest absolute Gasteiger partial charge is 0.337 e. The summed E-state index contributed by atoms with van der Waals surface area (Å²) in [6, 6.07) is 3.71. The Labute approximate surface area is 111 Å². The van der Waals surface area contributed by atoms with E-state index in [4.69, 9.17) is 5.11 Å². The van der Waals surface area contributed by atoms with Gasteiger partial charge in [-0.05, 0) is 42.9 Å². The number of carboxylic acids is 1. The Balaban J connectivity index is 2.05. The van der Waals surface area contributed by atoms with Crippen LogP contribution in [0.2, 0.25) is 0 Å². The molecule has 2 unspecified atom stereocenters. The number of nitrogens with one attached hydrogen (secondary N) is 1. The fraction of sp³-hybridized carbons (Fsp3) is 0.500. The molecule has 1 aromatic carbocycles. The largest absolute Gasteiger partial charge is 0.478 e. The molecule has 5 heteroatoms. The molecule has 0 heterocycles. The van der Waals surface area contributed by atoms with Crippen LogP contribution in [-0.2, 0) is 0 Å². The predicted molar refractivity (Wildman–Crippen MR) is 69.8 cm³/mol. The monoisotopic (exact) mass is 267 g/mol. The van der Waals surface area contributed by atoms with Crippen LogP contribution in [0.3, 0.4) is 0 Å². The topological polar surface area (TPSA) is 69.6 Å². The Morgan fingerprint density at radius 3 is 2.79 bits per heavy atom. The summed E-state index contributed by atoms with van der Waals surface area (Å²) in [6.07, 6.45) is 3.13. The van der Waals surface area contributed by atoms with Gasteiger partial charge in [-0.25, -0.2) is 9.18 Å². The van der Waals surface area contributed by atoms with E-state index in [1.807, 2.05) is 0 Å². The van der Waals surface area contributed by atoms with Gasteiger partial charge in [0.2, 0.25) is 0 Å². The van der Waals surface area contributed by atoms with Crippen molar-refractivity contribution >= 4 is 11.7 Å². The van der Waals surface area contributed by atoms with Crippen molar-refractivity contribution < 1.29 is 19.4 Å². The zero-order valence-electron chi connectivity index (χ0n) is 10.6. The molecule has 1 aliphatic rings. The molecular weight excluding hydrogens is 249 g/mol. The lowest BCUT2D eigenvalue weighted by molar-refractivity contribution is 0.0697. The van der Waals surface area contributed by atoms with Gasteiger partial charge in [0.25, 0.3) is 0 Å². The number of hydrogen-bond donors (Lipinski definition) is 3. The highest BCUT2D eigenvalue weighted by Crippen LogP contribution is 2.31. The fourth-order valence-electron chi connectivity index (χ4n) is 2.71. The van der Waals surface area contributed by atoms with Gasteiger partial charge in [0.15, 0.2) is 0 Å². The Morgan fingerprint density at radius 1 is 1.37 bits per heavy atom. The first-order chi connectivity index (χ1) is 9.11. The number of aromatic carboxylic acids is 1. The Bertz CT molecular complexity index is 464. The summed E-state index contributed by atoms with van der Waals surface area (Å²) in [5, 5.41) is 21.3. The Morgan fingerprint density at radius 2 is 2.11 bits per heavy atom. The second-order valence-corrected chi connectivity index (χ2v) is 5.01. The fourth-order valence-corrected chi connectivity index (χ4v) is 2.71. The first kappa shape index (κ1) is 13.8. The van der Waals surface area contributed by atoms with Crippen molar-refractivity contribution in [3.63, 3.8) is 0 Å². The molecule has 0 bridgehead atoms. The van der Waals surface area contributed by atoms with Crippen molar-refractivity contribution in [3.05, 3.63) is 29.6 Å². The number of rotatable bonds is 5. The SMILES string of the molecule is O=C(O)c1cc(F)ccc1NCC1CCCC1CO. The average Bonchev–Trinajstić information content (AvgIpc) is 2.84. The molecule has 1 fully saturated rings. The molecule has 2 atom stereocenters. The summed E-state index contributed by atoms with van der Waals surface area (Å²) < 4.78 is 13.0. The number of carbonyl (C=O) groups is 1. The molecule has 0 spiro atoms. The summed E-state index contributed by atoms with van der Waals surface area (Å²) in [7, 11) is 0. The molecule has 19 heavy (non-hydrogen) atoms. The van der Waals surface area contributed by atoms with Gasteiger partial charge in [0, 0.05) is 18.8 Å². The summed E-state index contributed by atoms with van der Waals surface area (Å²) in [6.45, 7) is 0.776. The summed E-state index contributed by atoms with van der Waals surface area (Å²) >= 11 is 0. The normalized spacial score (nSPS) is 22.4. The van der Waals surface area contributed by atoms with Crippen LogP contribution < -0.4 is 5.32 Å². The molecule has 0 amide bonds. The van der Waals surface area contributed by atoms with E-state index in [2.05, 4.69) is 5.32 Å². The number of anilines is 1. The molecule has 0 aliphatic heterocycles. The summed E-state index contributed by atoms with van der Waals surface area (Å²) in [5.74, 6) is -1.08.